The predicted octanol–water partition coefficient (Wildman–Crippen LogP) is 3.23. The first-order valence-corrected chi connectivity index (χ1v) is 7.90. The van der Waals surface area contributed by atoms with Gasteiger partial charge in [-0.25, -0.2) is 0 Å². The van der Waals surface area contributed by atoms with E-state index in [9.17, 15) is 25.0 Å². The first kappa shape index (κ1) is 19.6. The summed E-state index contributed by atoms with van der Waals surface area (Å²) in [7, 11) is 0. The Hall–Kier alpha value is -3.69. The van der Waals surface area contributed by atoms with E-state index >= 15 is 0 Å². The zero-order valence-electron chi connectivity index (χ0n) is 14.6. The second kappa shape index (κ2) is 8.61. The van der Waals surface area contributed by atoms with E-state index in [1.807, 2.05) is 0 Å². The van der Waals surface area contributed by atoms with E-state index in [2.05, 4.69) is 5.32 Å². The molecule has 0 saturated carbocycles. The maximum atomic E-state index is 12.1. The number of amides is 1. The summed E-state index contributed by atoms with van der Waals surface area (Å²) in [6.45, 7) is 3.22. The second-order valence-corrected chi connectivity index (χ2v) is 5.43. The third-order valence-corrected chi connectivity index (χ3v) is 3.42. The summed E-state index contributed by atoms with van der Waals surface area (Å²) in [6, 6.07) is 8.35. The van der Waals surface area contributed by atoms with Gasteiger partial charge in [-0.3, -0.25) is 25.0 Å². The van der Waals surface area contributed by atoms with Crippen molar-refractivity contribution in [1.82, 2.24) is 0 Å². The molecule has 0 radical (unpaired) electrons. The molecule has 10 nitrogen and oxygen atoms in total. The van der Waals surface area contributed by atoms with Crippen molar-refractivity contribution in [2.45, 2.75) is 13.8 Å². The smallest absolute Gasteiger partial charge is 0.311 e. The maximum absolute atomic E-state index is 12.1. The summed E-state index contributed by atoms with van der Waals surface area (Å²) < 4.78 is 10.4. The molecule has 0 unspecified atom stereocenters. The molecule has 1 amide bonds. The lowest BCUT2D eigenvalue weighted by Gasteiger charge is -2.10. The van der Waals surface area contributed by atoms with Gasteiger partial charge in [-0.15, -0.1) is 0 Å². The van der Waals surface area contributed by atoms with Gasteiger partial charge in [0, 0.05) is 6.07 Å². The van der Waals surface area contributed by atoms with Crippen molar-refractivity contribution in [3.63, 3.8) is 0 Å². The fourth-order valence-electron chi connectivity index (χ4n) is 2.25. The number of nitro groups is 2. The highest BCUT2D eigenvalue weighted by Crippen LogP contribution is 2.30. The molecule has 2 rings (SSSR count). The van der Waals surface area contributed by atoms with Crippen LogP contribution in [0.3, 0.4) is 0 Å². The number of aryl methyl sites for hydroxylation is 1. The van der Waals surface area contributed by atoms with Gasteiger partial charge < -0.3 is 14.8 Å². The van der Waals surface area contributed by atoms with Crippen LogP contribution in [-0.4, -0.2) is 29.0 Å². The zero-order chi connectivity index (χ0) is 20.0. The van der Waals surface area contributed by atoms with Gasteiger partial charge in [0.05, 0.1) is 22.5 Å². The van der Waals surface area contributed by atoms with Crippen molar-refractivity contribution >= 4 is 23.0 Å². The molecular formula is C17H17N3O7. The quantitative estimate of drug-likeness (QED) is 0.553. The van der Waals surface area contributed by atoms with Gasteiger partial charge in [0.1, 0.15) is 11.4 Å². The van der Waals surface area contributed by atoms with Gasteiger partial charge in [0.2, 0.25) is 0 Å². The van der Waals surface area contributed by atoms with Gasteiger partial charge in [-0.1, -0.05) is 6.07 Å². The van der Waals surface area contributed by atoms with Gasteiger partial charge in [-0.05, 0) is 37.6 Å². The molecule has 0 spiro atoms. The van der Waals surface area contributed by atoms with Gasteiger partial charge >= 0.3 is 5.69 Å². The van der Waals surface area contributed by atoms with Gasteiger partial charge in [-0.2, -0.15) is 0 Å². The van der Waals surface area contributed by atoms with E-state index in [1.165, 1.54) is 30.3 Å². The molecule has 0 aliphatic carbocycles. The minimum Gasteiger partial charge on any atom is -0.494 e. The molecule has 0 bridgehead atoms. The first-order valence-electron chi connectivity index (χ1n) is 7.90. The minimum atomic E-state index is -0.697. The van der Waals surface area contributed by atoms with Crippen LogP contribution >= 0.6 is 0 Å². The SMILES string of the molecule is CCOc1ccc(NC(=O)COc2ccc(C)cc2[N+](=O)[O-])c([N+](=O)[O-])c1. The highest BCUT2D eigenvalue weighted by Gasteiger charge is 2.19. The lowest BCUT2D eigenvalue weighted by atomic mass is 10.2. The average molecular weight is 375 g/mol. The molecule has 0 heterocycles. The van der Waals surface area contributed by atoms with Crippen molar-refractivity contribution in [3.05, 3.63) is 62.2 Å². The lowest BCUT2D eigenvalue weighted by Crippen LogP contribution is -2.21. The molecule has 27 heavy (non-hydrogen) atoms. The lowest BCUT2D eigenvalue weighted by molar-refractivity contribution is -0.385. The Morgan fingerprint density at radius 2 is 1.74 bits per heavy atom. The molecule has 0 saturated heterocycles. The Bertz CT molecular complexity index is 883. The van der Waals surface area contributed by atoms with Crippen molar-refractivity contribution in [2.75, 3.05) is 18.5 Å². The van der Waals surface area contributed by atoms with Crippen molar-refractivity contribution in [1.29, 1.82) is 0 Å². The standard InChI is InChI=1S/C17H17N3O7/c1-3-26-12-5-6-13(14(9-12)19(22)23)18-17(21)10-27-16-7-4-11(2)8-15(16)20(24)25/h4-9H,3,10H2,1-2H3,(H,18,21). The number of ether oxygens (including phenoxy) is 2. The number of hydrogen-bond donors (Lipinski definition) is 1. The molecule has 2 aromatic carbocycles. The summed E-state index contributed by atoms with van der Waals surface area (Å²) in [5.41, 5.74) is 0.0319. The molecule has 142 valence electrons. The highest BCUT2D eigenvalue weighted by molar-refractivity contribution is 5.94. The van der Waals surface area contributed by atoms with E-state index in [0.717, 1.165) is 0 Å². The summed E-state index contributed by atoms with van der Waals surface area (Å²) in [6.07, 6.45) is 0. The second-order valence-electron chi connectivity index (χ2n) is 5.43. The summed E-state index contributed by atoms with van der Waals surface area (Å²) in [4.78, 5) is 33.0. The number of nitrogens with zero attached hydrogens (tertiary/aromatic N) is 2. The fourth-order valence-corrected chi connectivity index (χ4v) is 2.25. The average Bonchev–Trinajstić information content (AvgIpc) is 2.61. The van der Waals surface area contributed by atoms with Crippen molar-refractivity contribution < 1.29 is 24.1 Å². The highest BCUT2D eigenvalue weighted by atomic mass is 16.6. The van der Waals surface area contributed by atoms with E-state index in [4.69, 9.17) is 9.47 Å². The maximum Gasteiger partial charge on any atom is 0.311 e. The zero-order valence-corrected chi connectivity index (χ0v) is 14.6. The van der Waals surface area contributed by atoms with Crippen LogP contribution in [0.5, 0.6) is 11.5 Å². The largest absolute Gasteiger partial charge is 0.494 e. The Morgan fingerprint density at radius 1 is 1.04 bits per heavy atom. The van der Waals surface area contributed by atoms with Crippen molar-refractivity contribution in [3.8, 4) is 11.5 Å². The molecule has 10 heteroatoms. The monoisotopic (exact) mass is 375 g/mol. The number of anilines is 1. The third-order valence-electron chi connectivity index (χ3n) is 3.42. The van der Waals surface area contributed by atoms with Crippen LogP contribution in [0, 0.1) is 27.2 Å². The van der Waals surface area contributed by atoms with Crippen LogP contribution < -0.4 is 14.8 Å². The predicted molar refractivity (Wildman–Crippen MR) is 96.2 cm³/mol. The number of nitro benzene ring substituents is 2. The van der Waals surface area contributed by atoms with E-state index in [-0.39, 0.29) is 22.8 Å². The first-order chi connectivity index (χ1) is 12.8. The normalized spacial score (nSPS) is 10.1. The molecule has 0 aromatic heterocycles. The fraction of sp³-hybridized carbons (Fsp3) is 0.235. The van der Waals surface area contributed by atoms with Crippen LogP contribution in [0.25, 0.3) is 0 Å². The molecule has 0 atom stereocenters. The van der Waals surface area contributed by atoms with Crippen LogP contribution in [-0.2, 0) is 4.79 Å². The van der Waals surface area contributed by atoms with Crippen LogP contribution in [0.4, 0.5) is 17.1 Å². The van der Waals surface area contributed by atoms with Crippen molar-refractivity contribution in [2.24, 2.45) is 0 Å². The molecule has 0 aliphatic heterocycles. The number of benzene rings is 2. The Labute approximate surface area is 154 Å². The number of nitrogens with one attached hydrogen (secondary N) is 1. The van der Waals surface area contributed by atoms with Gasteiger partial charge in [0.15, 0.2) is 12.4 Å². The van der Waals surface area contributed by atoms with Crippen LogP contribution in [0.2, 0.25) is 0 Å². The van der Waals surface area contributed by atoms with E-state index < -0.39 is 22.4 Å². The Kier molecular flexibility index (Phi) is 6.26. The third kappa shape index (κ3) is 5.14. The summed E-state index contributed by atoms with van der Waals surface area (Å²) >= 11 is 0. The number of rotatable bonds is 8. The number of carbonyl (C=O) groups excluding carboxylic acids is 1. The molecule has 2 aromatic rings. The Balaban J connectivity index is 2.10. The van der Waals surface area contributed by atoms with Gasteiger partial charge in [0.25, 0.3) is 11.6 Å². The topological polar surface area (TPSA) is 134 Å². The van der Waals surface area contributed by atoms with E-state index in [1.54, 1.807) is 19.9 Å². The number of carbonyl (C=O) groups is 1. The molecule has 0 aliphatic rings. The van der Waals surface area contributed by atoms with Crippen LogP contribution in [0.1, 0.15) is 12.5 Å². The Morgan fingerprint density at radius 3 is 2.37 bits per heavy atom. The van der Waals surface area contributed by atoms with Crippen LogP contribution in [0.15, 0.2) is 36.4 Å². The minimum absolute atomic E-state index is 0.0320. The summed E-state index contributed by atoms with van der Waals surface area (Å²) in [5, 5.41) is 24.6. The molecular weight excluding hydrogens is 358 g/mol. The van der Waals surface area contributed by atoms with E-state index in [0.29, 0.717) is 17.9 Å². The molecule has 0 fully saturated rings. The molecule has 1 N–H and O–H groups in total. The number of hydrogen-bond acceptors (Lipinski definition) is 7. The summed E-state index contributed by atoms with van der Waals surface area (Å²) in [5.74, 6) is -0.465.